The molecule has 21 heavy (non-hydrogen) atoms. The van der Waals surface area contributed by atoms with Gasteiger partial charge in [-0.1, -0.05) is 0 Å². The van der Waals surface area contributed by atoms with Crippen LogP contribution in [0.25, 0.3) is 0 Å². The summed E-state index contributed by atoms with van der Waals surface area (Å²) in [5, 5.41) is 4.11. The summed E-state index contributed by atoms with van der Waals surface area (Å²) >= 11 is 0. The average Bonchev–Trinajstić information content (AvgIpc) is 2.71. The number of sulfonamides is 1. The zero-order valence-corrected chi connectivity index (χ0v) is 12.6. The van der Waals surface area contributed by atoms with Gasteiger partial charge in [0.25, 0.3) is 0 Å². The Hall–Kier alpha value is -1.80. The lowest BCUT2D eigenvalue weighted by Crippen LogP contribution is -2.28. The molecule has 8 heteroatoms. The molecule has 2 rings (SSSR count). The Morgan fingerprint density at radius 3 is 2.57 bits per heavy atom. The maximum absolute atomic E-state index is 13.6. The Balaban J connectivity index is 2.33. The predicted molar refractivity (Wildman–Crippen MR) is 73.0 cm³/mol. The van der Waals surface area contributed by atoms with Gasteiger partial charge in [0.15, 0.2) is 0 Å². The molecule has 0 saturated heterocycles. The minimum atomic E-state index is -4.17. The summed E-state index contributed by atoms with van der Waals surface area (Å²) in [6.45, 7) is 3.35. The van der Waals surface area contributed by atoms with E-state index in [0.717, 1.165) is 12.1 Å². The van der Waals surface area contributed by atoms with E-state index in [0.29, 0.717) is 17.3 Å². The van der Waals surface area contributed by atoms with E-state index in [1.54, 1.807) is 31.8 Å². The second-order valence-electron chi connectivity index (χ2n) is 4.76. The van der Waals surface area contributed by atoms with Crippen LogP contribution in [-0.4, -0.2) is 18.2 Å². The molecule has 0 saturated carbocycles. The van der Waals surface area contributed by atoms with E-state index < -0.39 is 32.6 Å². The molecule has 1 unspecified atom stereocenters. The molecule has 1 aromatic heterocycles. The van der Waals surface area contributed by atoms with Crippen molar-refractivity contribution in [2.75, 3.05) is 0 Å². The van der Waals surface area contributed by atoms with Crippen LogP contribution in [0.2, 0.25) is 0 Å². The monoisotopic (exact) mass is 315 g/mol. The molecule has 0 amide bonds. The van der Waals surface area contributed by atoms with Crippen LogP contribution in [-0.2, 0) is 17.1 Å². The van der Waals surface area contributed by atoms with E-state index in [1.165, 1.54) is 0 Å². The Bertz CT molecular complexity index is 772. The molecule has 5 nitrogen and oxygen atoms in total. The van der Waals surface area contributed by atoms with Crippen LogP contribution in [0.5, 0.6) is 0 Å². The van der Waals surface area contributed by atoms with Gasteiger partial charge in [-0.3, -0.25) is 4.68 Å². The number of aryl methyl sites for hydroxylation is 2. The third-order valence-corrected chi connectivity index (χ3v) is 4.59. The highest BCUT2D eigenvalue weighted by molar-refractivity contribution is 7.89. The van der Waals surface area contributed by atoms with Gasteiger partial charge in [-0.05, 0) is 32.0 Å². The molecule has 0 aliphatic rings. The van der Waals surface area contributed by atoms with Gasteiger partial charge in [-0.25, -0.2) is 21.9 Å². The minimum Gasteiger partial charge on any atom is -0.275 e. The van der Waals surface area contributed by atoms with Crippen molar-refractivity contribution in [2.24, 2.45) is 7.05 Å². The Morgan fingerprint density at radius 1 is 1.33 bits per heavy atom. The van der Waals surface area contributed by atoms with Crippen LogP contribution in [0.1, 0.15) is 24.2 Å². The lowest BCUT2D eigenvalue weighted by Gasteiger charge is -2.14. The van der Waals surface area contributed by atoms with Gasteiger partial charge in [0.2, 0.25) is 10.0 Å². The van der Waals surface area contributed by atoms with Crippen molar-refractivity contribution in [3.63, 3.8) is 0 Å². The van der Waals surface area contributed by atoms with Gasteiger partial charge in [-0.15, -0.1) is 0 Å². The van der Waals surface area contributed by atoms with Crippen LogP contribution < -0.4 is 4.72 Å². The third kappa shape index (κ3) is 3.27. The molecule has 0 radical (unpaired) electrons. The predicted octanol–water partition coefficient (Wildman–Crippen LogP) is 2.05. The standard InChI is InChI=1S/C13H15F2N3O2S/c1-8-11(7-18(3)16-8)9(2)17-21(19,20)13-6-10(14)4-5-12(13)15/h4-7,9,17H,1-3H3. The maximum atomic E-state index is 13.6. The van der Waals surface area contributed by atoms with Crippen LogP contribution in [0.4, 0.5) is 8.78 Å². The highest BCUT2D eigenvalue weighted by Crippen LogP contribution is 2.21. The molecular weight excluding hydrogens is 300 g/mol. The smallest absolute Gasteiger partial charge is 0.244 e. The lowest BCUT2D eigenvalue weighted by molar-refractivity contribution is 0.538. The van der Waals surface area contributed by atoms with Crippen molar-refractivity contribution >= 4 is 10.0 Å². The molecule has 1 N–H and O–H groups in total. The van der Waals surface area contributed by atoms with E-state index >= 15 is 0 Å². The Labute approximate surface area is 121 Å². The summed E-state index contributed by atoms with van der Waals surface area (Å²) in [4.78, 5) is -0.712. The van der Waals surface area contributed by atoms with E-state index in [1.807, 2.05) is 0 Å². The summed E-state index contributed by atoms with van der Waals surface area (Å²) in [7, 11) is -2.46. The zero-order valence-electron chi connectivity index (χ0n) is 11.8. The number of benzene rings is 1. The van der Waals surface area contributed by atoms with E-state index in [9.17, 15) is 17.2 Å². The second kappa shape index (κ2) is 5.53. The van der Waals surface area contributed by atoms with Crippen molar-refractivity contribution in [3.05, 3.63) is 47.3 Å². The largest absolute Gasteiger partial charge is 0.275 e. The van der Waals surface area contributed by atoms with Gasteiger partial charge < -0.3 is 0 Å². The number of nitrogens with one attached hydrogen (secondary N) is 1. The van der Waals surface area contributed by atoms with Crippen LogP contribution in [0.3, 0.4) is 0 Å². The molecule has 0 aliphatic heterocycles. The van der Waals surface area contributed by atoms with Crippen LogP contribution in [0.15, 0.2) is 29.3 Å². The summed E-state index contributed by atoms with van der Waals surface area (Å²) in [6, 6.07) is 1.68. The molecule has 1 aromatic carbocycles. The number of hydrogen-bond donors (Lipinski definition) is 1. The van der Waals surface area contributed by atoms with Gasteiger partial charge in [0, 0.05) is 24.8 Å². The number of halogens is 2. The van der Waals surface area contributed by atoms with Crippen molar-refractivity contribution in [2.45, 2.75) is 24.8 Å². The summed E-state index contributed by atoms with van der Waals surface area (Å²) < 4.78 is 54.9. The first-order chi connectivity index (χ1) is 9.70. The van der Waals surface area contributed by atoms with Crippen molar-refractivity contribution in [3.8, 4) is 0 Å². The molecule has 0 aliphatic carbocycles. The maximum Gasteiger partial charge on any atom is 0.244 e. The van der Waals surface area contributed by atoms with Gasteiger partial charge in [-0.2, -0.15) is 5.10 Å². The van der Waals surface area contributed by atoms with Gasteiger partial charge in [0.1, 0.15) is 16.5 Å². The fraction of sp³-hybridized carbons (Fsp3) is 0.308. The average molecular weight is 315 g/mol. The molecule has 114 valence electrons. The quantitative estimate of drug-likeness (QED) is 0.939. The lowest BCUT2D eigenvalue weighted by atomic mass is 10.1. The number of rotatable bonds is 4. The first-order valence-corrected chi connectivity index (χ1v) is 7.66. The van der Waals surface area contributed by atoms with Crippen molar-refractivity contribution in [1.82, 2.24) is 14.5 Å². The van der Waals surface area contributed by atoms with E-state index in [-0.39, 0.29) is 0 Å². The third-order valence-electron chi connectivity index (χ3n) is 3.03. The van der Waals surface area contributed by atoms with Crippen LogP contribution in [0, 0.1) is 18.6 Å². The molecule has 1 heterocycles. The highest BCUT2D eigenvalue weighted by atomic mass is 32.2. The molecule has 0 spiro atoms. The number of hydrogen-bond acceptors (Lipinski definition) is 3. The summed E-state index contributed by atoms with van der Waals surface area (Å²) in [6.07, 6.45) is 1.67. The van der Waals surface area contributed by atoms with E-state index in [2.05, 4.69) is 9.82 Å². The normalized spacial score (nSPS) is 13.4. The van der Waals surface area contributed by atoms with Crippen molar-refractivity contribution < 1.29 is 17.2 Å². The Morgan fingerprint density at radius 2 is 2.00 bits per heavy atom. The SMILES string of the molecule is Cc1nn(C)cc1C(C)NS(=O)(=O)c1cc(F)ccc1F. The fourth-order valence-electron chi connectivity index (χ4n) is 2.09. The number of nitrogens with zero attached hydrogens (tertiary/aromatic N) is 2. The topological polar surface area (TPSA) is 64.0 Å². The highest BCUT2D eigenvalue weighted by Gasteiger charge is 2.24. The zero-order chi connectivity index (χ0) is 15.8. The first kappa shape index (κ1) is 15.6. The molecule has 1 atom stereocenters. The Kier molecular flexibility index (Phi) is 4.11. The first-order valence-electron chi connectivity index (χ1n) is 6.18. The second-order valence-corrected chi connectivity index (χ2v) is 6.44. The van der Waals surface area contributed by atoms with E-state index in [4.69, 9.17) is 0 Å². The van der Waals surface area contributed by atoms with Gasteiger partial charge >= 0.3 is 0 Å². The summed E-state index contributed by atoms with van der Waals surface area (Å²) in [5.74, 6) is -1.82. The van der Waals surface area contributed by atoms with Gasteiger partial charge in [0.05, 0.1) is 5.69 Å². The molecular formula is C13H15F2N3O2S. The van der Waals surface area contributed by atoms with Crippen LogP contribution >= 0.6 is 0 Å². The molecule has 0 bridgehead atoms. The summed E-state index contributed by atoms with van der Waals surface area (Å²) in [5.41, 5.74) is 1.32. The van der Waals surface area contributed by atoms with Crippen molar-refractivity contribution in [1.29, 1.82) is 0 Å². The fourth-order valence-corrected chi connectivity index (χ4v) is 3.40. The molecule has 0 fully saturated rings. The number of aromatic nitrogens is 2. The minimum absolute atomic E-state index is 0.619. The molecule has 2 aromatic rings.